The Labute approximate surface area is 426 Å². The number of aromatic nitrogens is 5. The van der Waals surface area contributed by atoms with Crippen molar-refractivity contribution in [2.24, 2.45) is 0 Å². The van der Waals surface area contributed by atoms with Gasteiger partial charge in [0.15, 0.2) is 11.6 Å². The minimum atomic E-state index is 0.554. The van der Waals surface area contributed by atoms with Crippen LogP contribution < -0.4 is 0 Å². The lowest BCUT2D eigenvalue weighted by molar-refractivity contribution is 0.953. The lowest BCUT2D eigenvalue weighted by Crippen LogP contribution is -2.06. The Balaban J connectivity index is 0.929. The van der Waals surface area contributed by atoms with Crippen molar-refractivity contribution in [3.63, 3.8) is 0 Å². The molecule has 0 aliphatic rings. The summed E-state index contributed by atoms with van der Waals surface area (Å²) >= 11 is 0. The Morgan fingerprint density at radius 3 is 1.28 bits per heavy atom. The number of benzene rings is 12. The van der Waals surface area contributed by atoms with Crippen LogP contribution in [-0.4, -0.2) is 24.1 Å². The van der Waals surface area contributed by atoms with Crippen molar-refractivity contribution in [3.05, 3.63) is 261 Å². The van der Waals surface area contributed by atoms with Crippen molar-refractivity contribution < 1.29 is 0 Å². The maximum absolute atomic E-state index is 5.38. The van der Waals surface area contributed by atoms with E-state index in [4.69, 9.17) is 15.0 Å². The van der Waals surface area contributed by atoms with Crippen LogP contribution in [0.3, 0.4) is 0 Å². The van der Waals surface area contributed by atoms with Gasteiger partial charge in [0, 0.05) is 38.2 Å². The predicted molar refractivity (Wildman–Crippen MR) is 308 cm³/mol. The second kappa shape index (κ2) is 16.8. The topological polar surface area (TPSA) is 48.5 Å². The maximum atomic E-state index is 5.38. The largest absolute Gasteiger partial charge is 0.309 e. The summed E-state index contributed by atoms with van der Waals surface area (Å²) in [6, 6.07) is 93.6. The maximum Gasteiger partial charge on any atom is 0.238 e. The molecule has 15 aromatic rings. The van der Waals surface area contributed by atoms with Crippen molar-refractivity contribution in [3.8, 4) is 67.8 Å². The summed E-state index contributed by atoms with van der Waals surface area (Å²) in [5.41, 5.74) is 14.2. The van der Waals surface area contributed by atoms with Crippen molar-refractivity contribution in [2.45, 2.75) is 0 Å². The van der Waals surface area contributed by atoms with E-state index < -0.39 is 0 Å². The van der Waals surface area contributed by atoms with Crippen LogP contribution in [-0.2, 0) is 0 Å². The average Bonchev–Trinajstić information content (AvgIpc) is 3.98. The molecule has 0 atom stereocenters. The smallest absolute Gasteiger partial charge is 0.238 e. The highest BCUT2D eigenvalue weighted by atomic mass is 15.2. The Hall–Kier alpha value is -9.97. The van der Waals surface area contributed by atoms with E-state index in [0.717, 1.165) is 71.9 Å². The number of nitrogens with zero attached hydrogens (tertiary/aromatic N) is 5. The van der Waals surface area contributed by atoms with Gasteiger partial charge in [-0.2, -0.15) is 9.97 Å². The lowest BCUT2D eigenvalue weighted by atomic mass is 9.92. The second-order valence-corrected chi connectivity index (χ2v) is 19.1. The molecular formula is C69H43N5. The van der Waals surface area contributed by atoms with Crippen LogP contribution in [0.25, 0.3) is 144 Å². The molecule has 15 rings (SSSR count). The molecule has 3 heterocycles. The zero-order chi connectivity index (χ0) is 48.7. The molecule has 0 aliphatic heterocycles. The van der Waals surface area contributed by atoms with Crippen LogP contribution in [0, 0.1) is 0 Å². The third-order valence-electron chi connectivity index (χ3n) is 15.0. The van der Waals surface area contributed by atoms with Gasteiger partial charge in [0.25, 0.3) is 0 Å². The number of rotatable bonds is 7. The predicted octanol–water partition coefficient (Wildman–Crippen LogP) is 17.9. The van der Waals surface area contributed by atoms with E-state index in [1.807, 2.05) is 18.2 Å². The third-order valence-corrected chi connectivity index (χ3v) is 15.0. The minimum Gasteiger partial charge on any atom is -0.309 e. The van der Waals surface area contributed by atoms with Gasteiger partial charge >= 0.3 is 0 Å². The molecule has 0 fully saturated rings. The fraction of sp³-hybridized carbons (Fsp3) is 0. The Kier molecular flexibility index (Phi) is 9.50. The Morgan fingerprint density at radius 1 is 0.216 bits per heavy atom. The number of hydrogen-bond donors (Lipinski definition) is 0. The zero-order valence-corrected chi connectivity index (χ0v) is 40.1. The summed E-state index contributed by atoms with van der Waals surface area (Å²) in [6.07, 6.45) is 0. The SMILES string of the molecule is c1ccc(-c2cccc(-c3ccc(-c4nc(-c5ccccc5)nc(-n5c6ccccc6c6cc7c8ccccc8n(-c8ccccc8-c8ccc9c%10ccccc%10c%10ccccc%10c9c8)c7cc65)n4)cc3)c2)cc1. The van der Waals surface area contributed by atoms with E-state index in [0.29, 0.717) is 17.6 Å². The molecule has 0 saturated carbocycles. The first-order valence-corrected chi connectivity index (χ1v) is 25.2. The Morgan fingerprint density at radius 2 is 0.649 bits per heavy atom. The van der Waals surface area contributed by atoms with Gasteiger partial charge in [-0.05, 0) is 103 Å². The van der Waals surface area contributed by atoms with E-state index in [1.165, 1.54) is 54.2 Å². The summed E-state index contributed by atoms with van der Waals surface area (Å²) in [4.78, 5) is 15.9. The molecule has 0 saturated heterocycles. The summed E-state index contributed by atoms with van der Waals surface area (Å²) in [7, 11) is 0. The van der Waals surface area contributed by atoms with Gasteiger partial charge < -0.3 is 4.57 Å². The van der Waals surface area contributed by atoms with E-state index in [2.05, 4.69) is 252 Å². The van der Waals surface area contributed by atoms with Crippen LogP contribution in [0.4, 0.5) is 0 Å². The molecule has 0 radical (unpaired) electrons. The molecule has 0 bridgehead atoms. The normalized spacial score (nSPS) is 11.8. The van der Waals surface area contributed by atoms with Gasteiger partial charge in [-0.15, -0.1) is 0 Å². The quantitative estimate of drug-likeness (QED) is 0.150. The van der Waals surface area contributed by atoms with Crippen molar-refractivity contribution in [1.82, 2.24) is 24.1 Å². The Bertz CT molecular complexity index is 4670. The molecular weight excluding hydrogens is 899 g/mol. The van der Waals surface area contributed by atoms with Crippen LogP contribution in [0.1, 0.15) is 0 Å². The molecule has 5 nitrogen and oxygen atoms in total. The summed E-state index contributed by atoms with van der Waals surface area (Å²) in [5.74, 6) is 1.76. The van der Waals surface area contributed by atoms with Gasteiger partial charge in [-0.3, -0.25) is 4.57 Å². The monoisotopic (exact) mass is 941 g/mol. The number of para-hydroxylation sites is 3. The van der Waals surface area contributed by atoms with Crippen molar-refractivity contribution >= 4 is 75.9 Å². The van der Waals surface area contributed by atoms with Crippen LogP contribution in [0.15, 0.2) is 261 Å². The molecule has 0 N–H and O–H groups in total. The lowest BCUT2D eigenvalue weighted by Gasteiger charge is -2.16. The zero-order valence-electron chi connectivity index (χ0n) is 40.1. The highest BCUT2D eigenvalue weighted by Gasteiger charge is 2.23. The standard InChI is InChI=1S/C69H43N5/c1-3-18-44(19-4-1)48-22-17-23-49(40-48)45-34-36-47(37-35-45)68-70-67(46-20-5-2-6-21-46)71-69(72-68)74-64-33-16-13-30-58(64)61-42-60-57-29-12-15-32-63(57)73(65(60)43-66(61)74)62-31-14-11-24-51(62)50-38-39-56-54-27-8-7-25-52(54)53-26-9-10-28-55(53)59(56)41-50/h1-43H. The fourth-order valence-electron chi connectivity index (χ4n) is 11.5. The molecule has 12 aromatic carbocycles. The highest BCUT2D eigenvalue weighted by molar-refractivity contribution is 6.26. The first-order chi connectivity index (χ1) is 36.7. The fourth-order valence-corrected chi connectivity index (χ4v) is 11.5. The molecule has 74 heavy (non-hydrogen) atoms. The van der Waals surface area contributed by atoms with Crippen LogP contribution >= 0.6 is 0 Å². The summed E-state index contributed by atoms with van der Waals surface area (Å²) in [5, 5.41) is 12.2. The molecule has 0 aliphatic carbocycles. The molecule has 344 valence electrons. The van der Waals surface area contributed by atoms with E-state index >= 15 is 0 Å². The van der Waals surface area contributed by atoms with Crippen molar-refractivity contribution in [2.75, 3.05) is 0 Å². The van der Waals surface area contributed by atoms with Crippen LogP contribution in [0.2, 0.25) is 0 Å². The molecule has 3 aromatic heterocycles. The van der Waals surface area contributed by atoms with Crippen molar-refractivity contribution in [1.29, 1.82) is 0 Å². The van der Waals surface area contributed by atoms with Crippen LogP contribution in [0.5, 0.6) is 0 Å². The molecule has 5 heteroatoms. The highest BCUT2D eigenvalue weighted by Crippen LogP contribution is 2.43. The minimum absolute atomic E-state index is 0.554. The summed E-state index contributed by atoms with van der Waals surface area (Å²) in [6.45, 7) is 0. The van der Waals surface area contributed by atoms with Gasteiger partial charge in [-0.25, -0.2) is 4.98 Å². The van der Waals surface area contributed by atoms with Gasteiger partial charge in [0.1, 0.15) is 0 Å². The van der Waals surface area contributed by atoms with E-state index in [9.17, 15) is 0 Å². The molecule has 0 spiro atoms. The average molecular weight is 942 g/mol. The number of hydrogen-bond acceptors (Lipinski definition) is 3. The first kappa shape index (κ1) is 41.8. The molecule has 0 unspecified atom stereocenters. The van der Waals surface area contributed by atoms with E-state index in [-0.39, 0.29) is 0 Å². The van der Waals surface area contributed by atoms with Gasteiger partial charge in [0.05, 0.1) is 27.8 Å². The van der Waals surface area contributed by atoms with Gasteiger partial charge in [0.2, 0.25) is 5.95 Å². The third kappa shape index (κ3) is 6.68. The number of fused-ring (bicyclic) bond motifs is 12. The molecule has 0 amide bonds. The van der Waals surface area contributed by atoms with E-state index in [1.54, 1.807) is 0 Å². The summed E-state index contributed by atoms with van der Waals surface area (Å²) < 4.78 is 4.69. The second-order valence-electron chi connectivity index (χ2n) is 19.1. The van der Waals surface area contributed by atoms with Gasteiger partial charge in [-0.1, -0.05) is 218 Å². The first-order valence-electron chi connectivity index (χ1n) is 25.2.